The van der Waals surface area contributed by atoms with Crippen molar-refractivity contribution in [3.8, 4) is 0 Å². The molecule has 0 aromatic carbocycles. The standard InChI is InChI=1S/C17H29NS/c1-5-13-8-6-7-9-15(13)18-12-14-10-11-16(19-14)17(2,3)4/h10-11,13,15,18H,5-9,12H2,1-4H3. The third-order valence-electron chi connectivity index (χ3n) is 4.37. The van der Waals surface area contributed by atoms with Gasteiger partial charge in [0.25, 0.3) is 0 Å². The smallest absolute Gasteiger partial charge is 0.0302 e. The minimum absolute atomic E-state index is 0.291. The summed E-state index contributed by atoms with van der Waals surface area (Å²) in [6.45, 7) is 10.3. The van der Waals surface area contributed by atoms with Crippen molar-refractivity contribution >= 4 is 11.3 Å². The predicted octanol–water partition coefficient (Wildman–Crippen LogP) is 5.10. The van der Waals surface area contributed by atoms with Crippen LogP contribution in [0.2, 0.25) is 0 Å². The minimum atomic E-state index is 0.291. The molecular formula is C17H29NS. The first-order valence-corrected chi connectivity index (χ1v) is 8.65. The summed E-state index contributed by atoms with van der Waals surface area (Å²) in [7, 11) is 0. The summed E-state index contributed by atoms with van der Waals surface area (Å²) in [6.07, 6.45) is 6.97. The van der Waals surface area contributed by atoms with E-state index in [9.17, 15) is 0 Å². The van der Waals surface area contributed by atoms with Gasteiger partial charge in [0.05, 0.1) is 0 Å². The van der Waals surface area contributed by atoms with E-state index < -0.39 is 0 Å². The fourth-order valence-corrected chi connectivity index (χ4v) is 4.09. The van der Waals surface area contributed by atoms with E-state index >= 15 is 0 Å². The summed E-state index contributed by atoms with van der Waals surface area (Å²) in [4.78, 5) is 2.99. The van der Waals surface area contributed by atoms with Gasteiger partial charge in [-0.05, 0) is 36.3 Å². The van der Waals surface area contributed by atoms with Crippen molar-refractivity contribution in [3.05, 3.63) is 21.9 Å². The van der Waals surface area contributed by atoms with Gasteiger partial charge in [-0.1, -0.05) is 47.0 Å². The van der Waals surface area contributed by atoms with Crippen LogP contribution < -0.4 is 5.32 Å². The maximum Gasteiger partial charge on any atom is 0.0302 e. The Morgan fingerprint density at radius 2 is 1.95 bits per heavy atom. The molecule has 1 N–H and O–H groups in total. The molecule has 0 amide bonds. The van der Waals surface area contributed by atoms with Gasteiger partial charge in [-0.3, -0.25) is 0 Å². The van der Waals surface area contributed by atoms with Gasteiger partial charge < -0.3 is 5.32 Å². The van der Waals surface area contributed by atoms with Crippen LogP contribution in [0.4, 0.5) is 0 Å². The van der Waals surface area contributed by atoms with E-state index in [1.807, 2.05) is 11.3 Å². The lowest BCUT2D eigenvalue weighted by Crippen LogP contribution is -2.37. The van der Waals surface area contributed by atoms with Gasteiger partial charge in [0.2, 0.25) is 0 Å². The van der Waals surface area contributed by atoms with Crippen LogP contribution in [0.3, 0.4) is 0 Å². The van der Waals surface area contributed by atoms with E-state index in [2.05, 4.69) is 45.1 Å². The normalized spacial score (nSPS) is 24.6. The van der Waals surface area contributed by atoms with Gasteiger partial charge in [0.1, 0.15) is 0 Å². The molecule has 2 atom stereocenters. The second kappa shape index (κ2) is 6.41. The Hall–Kier alpha value is -0.340. The van der Waals surface area contributed by atoms with E-state index in [0.29, 0.717) is 5.41 Å². The Bertz CT molecular complexity index is 388. The first-order chi connectivity index (χ1) is 9.00. The van der Waals surface area contributed by atoms with Gasteiger partial charge in [-0.2, -0.15) is 0 Å². The fourth-order valence-electron chi connectivity index (χ4n) is 3.07. The molecule has 1 saturated carbocycles. The molecule has 1 aromatic heterocycles. The molecule has 2 unspecified atom stereocenters. The first kappa shape index (κ1) is 15.1. The van der Waals surface area contributed by atoms with Crippen molar-refractivity contribution in [2.45, 2.75) is 77.8 Å². The highest BCUT2D eigenvalue weighted by atomic mass is 32.1. The Kier molecular flexibility index (Phi) is 5.08. The summed E-state index contributed by atoms with van der Waals surface area (Å²) in [5, 5.41) is 3.81. The van der Waals surface area contributed by atoms with Crippen LogP contribution in [-0.4, -0.2) is 6.04 Å². The zero-order chi connectivity index (χ0) is 13.9. The average molecular weight is 279 g/mol. The molecule has 1 aliphatic rings. The molecule has 0 aliphatic heterocycles. The highest BCUT2D eigenvalue weighted by molar-refractivity contribution is 7.12. The lowest BCUT2D eigenvalue weighted by atomic mass is 9.83. The van der Waals surface area contributed by atoms with Crippen LogP contribution in [0.25, 0.3) is 0 Å². The molecule has 1 heterocycles. The van der Waals surface area contributed by atoms with Gasteiger partial charge in [-0.15, -0.1) is 11.3 Å². The van der Waals surface area contributed by atoms with Crippen molar-refractivity contribution < 1.29 is 0 Å². The zero-order valence-corrected chi connectivity index (χ0v) is 13.8. The van der Waals surface area contributed by atoms with Crippen molar-refractivity contribution in [2.75, 3.05) is 0 Å². The molecule has 108 valence electrons. The number of thiophene rings is 1. The Balaban J connectivity index is 1.89. The number of rotatable bonds is 4. The van der Waals surface area contributed by atoms with Crippen molar-refractivity contribution in [2.24, 2.45) is 5.92 Å². The van der Waals surface area contributed by atoms with Crippen molar-refractivity contribution in [3.63, 3.8) is 0 Å². The SMILES string of the molecule is CCC1CCCCC1NCc1ccc(C(C)(C)C)s1. The molecule has 0 bridgehead atoms. The van der Waals surface area contributed by atoms with Gasteiger partial charge in [0.15, 0.2) is 0 Å². The topological polar surface area (TPSA) is 12.0 Å². The number of nitrogens with one attached hydrogen (secondary N) is 1. The molecular weight excluding hydrogens is 250 g/mol. The fraction of sp³-hybridized carbons (Fsp3) is 0.765. The second-order valence-corrected chi connectivity index (χ2v) is 8.12. The third kappa shape index (κ3) is 4.06. The second-order valence-electron chi connectivity index (χ2n) is 6.96. The largest absolute Gasteiger partial charge is 0.309 e. The Morgan fingerprint density at radius 1 is 1.21 bits per heavy atom. The predicted molar refractivity (Wildman–Crippen MR) is 85.9 cm³/mol. The lowest BCUT2D eigenvalue weighted by molar-refractivity contribution is 0.255. The van der Waals surface area contributed by atoms with Gasteiger partial charge >= 0.3 is 0 Å². The molecule has 1 aliphatic carbocycles. The Morgan fingerprint density at radius 3 is 2.58 bits per heavy atom. The quantitative estimate of drug-likeness (QED) is 0.808. The zero-order valence-electron chi connectivity index (χ0n) is 13.0. The van der Waals surface area contributed by atoms with Crippen molar-refractivity contribution in [1.82, 2.24) is 5.32 Å². The van der Waals surface area contributed by atoms with Gasteiger partial charge in [-0.25, -0.2) is 0 Å². The van der Waals surface area contributed by atoms with E-state index in [-0.39, 0.29) is 0 Å². The van der Waals surface area contributed by atoms with Crippen LogP contribution in [0.15, 0.2) is 12.1 Å². The molecule has 0 spiro atoms. The summed E-state index contributed by atoms with van der Waals surface area (Å²) in [6, 6.07) is 5.36. The van der Waals surface area contributed by atoms with E-state index in [0.717, 1.165) is 18.5 Å². The number of hydrogen-bond donors (Lipinski definition) is 1. The van der Waals surface area contributed by atoms with Crippen LogP contribution >= 0.6 is 11.3 Å². The van der Waals surface area contributed by atoms with Crippen LogP contribution in [0, 0.1) is 5.92 Å². The molecule has 1 nitrogen and oxygen atoms in total. The van der Waals surface area contributed by atoms with E-state index in [4.69, 9.17) is 0 Å². The third-order valence-corrected chi connectivity index (χ3v) is 5.88. The van der Waals surface area contributed by atoms with Crippen LogP contribution in [0.5, 0.6) is 0 Å². The van der Waals surface area contributed by atoms with E-state index in [1.165, 1.54) is 41.9 Å². The molecule has 2 rings (SSSR count). The molecule has 19 heavy (non-hydrogen) atoms. The maximum absolute atomic E-state index is 3.81. The molecule has 0 saturated heterocycles. The van der Waals surface area contributed by atoms with Crippen molar-refractivity contribution in [1.29, 1.82) is 0 Å². The molecule has 1 aromatic rings. The minimum Gasteiger partial charge on any atom is -0.309 e. The highest BCUT2D eigenvalue weighted by Crippen LogP contribution is 2.30. The summed E-state index contributed by atoms with van der Waals surface area (Å²) >= 11 is 1.97. The van der Waals surface area contributed by atoms with E-state index in [1.54, 1.807) is 0 Å². The molecule has 0 radical (unpaired) electrons. The van der Waals surface area contributed by atoms with Gasteiger partial charge in [0, 0.05) is 22.3 Å². The maximum atomic E-state index is 3.81. The summed E-state index contributed by atoms with van der Waals surface area (Å²) < 4.78 is 0. The highest BCUT2D eigenvalue weighted by Gasteiger charge is 2.23. The molecule has 1 fully saturated rings. The summed E-state index contributed by atoms with van der Waals surface area (Å²) in [5.74, 6) is 0.899. The lowest BCUT2D eigenvalue weighted by Gasteiger charge is -2.31. The molecule has 2 heteroatoms. The van der Waals surface area contributed by atoms with Crippen LogP contribution in [-0.2, 0) is 12.0 Å². The number of hydrogen-bond acceptors (Lipinski definition) is 2. The summed E-state index contributed by atoms with van der Waals surface area (Å²) in [5.41, 5.74) is 0.291. The van der Waals surface area contributed by atoms with Crippen LogP contribution in [0.1, 0.15) is 69.6 Å². The monoisotopic (exact) mass is 279 g/mol. The average Bonchev–Trinajstić information content (AvgIpc) is 2.85. The Labute approximate surface area is 122 Å². The first-order valence-electron chi connectivity index (χ1n) is 7.83.